The Morgan fingerprint density at radius 3 is 2.26 bits per heavy atom. The molecule has 1 fully saturated rings. The molecule has 1 atom stereocenters. The third-order valence-electron chi connectivity index (χ3n) is 4.02. The summed E-state index contributed by atoms with van der Waals surface area (Å²) in [6.45, 7) is 4.93. The molecule has 1 aromatic carbocycles. The Balaban J connectivity index is 0.000000387. The van der Waals surface area contributed by atoms with Crippen LogP contribution in [0.2, 0.25) is 0 Å². The zero-order valence-electron chi connectivity index (χ0n) is 14.9. The molecule has 1 aliphatic heterocycles. The molecule has 0 saturated carbocycles. The number of carboxylic acids is 2. The molecule has 0 bridgehead atoms. The minimum Gasteiger partial charge on any atom is -0.478 e. The van der Waals surface area contributed by atoms with Gasteiger partial charge in [-0.25, -0.2) is 9.59 Å². The fraction of sp³-hybridized carbons (Fsp3) is 0.444. The summed E-state index contributed by atoms with van der Waals surface area (Å²) in [6.07, 6.45) is -2.16. The van der Waals surface area contributed by atoms with Crippen LogP contribution in [0, 0.1) is 0 Å². The molecule has 1 aromatic rings. The number of hydrogen-bond donors (Lipinski definition) is 3. The lowest BCUT2D eigenvalue weighted by Gasteiger charge is -2.28. The van der Waals surface area contributed by atoms with E-state index in [9.17, 15) is 22.8 Å². The molecule has 1 saturated heterocycles. The fourth-order valence-corrected chi connectivity index (χ4v) is 2.75. The van der Waals surface area contributed by atoms with E-state index in [1.807, 2.05) is 6.92 Å². The number of halogens is 3. The molecule has 0 aliphatic carbocycles. The van der Waals surface area contributed by atoms with E-state index in [-0.39, 0.29) is 0 Å². The molecule has 1 aliphatic rings. The summed E-state index contributed by atoms with van der Waals surface area (Å²) >= 11 is 0. The number of alkyl halides is 3. The van der Waals surface area contributed by atoms with Gasteiger partial charge in [0, 0.05) is 31.3 Å². The number of carbonyl (C=O) groups is 2. The molecule has 150 valence electrons. The Hall–Kier alpha value is -2.39. The highest BCUT2D eigenvalue weighted by Gasteiger charge is 2.33. The minimum absolute atomic E-state index is 0.339. The number of likely N-dealkylation sites (N-methyl/N-ethyl adjacent to an activating group) is 1. The average Bonchev–Trinajstić information content (AvgIpc) is 3.12. The number of nitrogens with zero attached hydrogens (tertiary/aromatic N) is 1. The topological polar surface area (TPSA) is 89.9 Å². The monoisotopic (exact) mass is 388 g/mol. The second-order valence-corrected chi connectivity index (χ2v) is 5.87. The zero-order valence-corrected chi connectivity index (χ0v) is 14.9. The van der Waals surface area contributed by atoms with E-state index in [0.717, 1.165) is 32.1 Å². The van der Waals surface area contributed by atoms with Crippen LogP contribution in [0.5, 0.6) is 0 Å². The van der Waals surface area contributed by atoms with Gasteiger partial charge in [0.25, 0.3) is 0 Å². The Morgan fingerprint density at radius 1 is 1.22 bits per heavy atom. The van der Waals surface area contributed by atoms with Crippen LogP contribution in [0.1, 0.15) is 24.5 Å². The maximum absolute atomic E-state index is 12.9. The van der Waals surface area contributed by atoms with Crippen molar-refractivity contribution in [2.24, 2.45) is 0 Å². The Labute approximate surface area is 155 Å². The minimum atomic E-state index is -4.27. The number of aliphatic carboxylic acids is 2. The Bertz CT molecular complexity index is 640. The molecule has 0 spiro atoms. The van der Waals surface area contributed by atoms with Gasteiger partial charge in [0.05, 0.1) is 5.56 Å². The second kappa shape index (κ2) is 10.7. The summed E-state index contributed by atoms with van der Waals surface area (Å²) in [5.74, 6) is -2.51. The highest BCUT2D eigenvalue weighted by atomic mass is 19.4. The van der Waals surface area contributed by atoms with Crippen LogP contribution >= 0.6 is 0 Å². The molecule has 2 rings (SSSR count). The van der Waals surface area contributed by atoms with Gasteiger partial charge in [-0.15, -0.1) is 0 Å². The first-order chi connectivity index (χ1) is 12.6. The van der Waals surface area contributed by atoms with Crippen molar-refractivity contribution in [1.82, 2.24) is 10.2 Å². The summed E-state index contributed by atoms with van der Waals surface area (Å²) in [5.41, 5.74) is -0.150. The number of rotatable bonds is 6. The molecule has 27 heavy (non-hydrogen) atoms. The molecule has 1 unspecified atom stereocenters. The van der Waals surface area contributed by atoms with Crippen LogP contribution in [0.3, 0.4) is 0 Å². The summed E-state index contributed by atoms with van der Waals surface area (Å²) in [6, 6.07) is 6.20. The molecule has 0 aromatic heterocycles. The van der Waals surface area contributed by atoms with Crippen LogP contribution in [0.4, 0.5) is 13.2 Å². The maximum atomic E-state index is 12.9. The maximum Gasteiger partial charge on any atom is 0.416 e. The predicted molar refractivity (Wildman–Crippen MR) is 93.2 cm³/mol. The van der Waals surface area contributed by atoms with E-state index in [4.69, 9.17) is 10.2 Å². The normalized spacial score (nSPS) is 17.0. The highest BCUT2D eigenvalue weighted by molar-refractivity contribution is 5.89. The van der Waals surface area contributed by atoms with Gasteiger partial charge in [-0.05, 0) is 31.1 Å². The SMILES string of the molecule is CCN(Cc1ccccc1C(F)(F)F)C1CCNC1.O=C(O)/C=C/C(=O)O. The lowest BCUT2D eigenvalue weighted by molar-refractivity contribution is -0.138. The van der Waals surface area contributed by atoms with E-state index < -0.39 is 23.7 Å². The van der Waals surface area contributed by atoms with Crippen molar-refractivity contribution in [3.05, 3.63) is 47.5 Å². The highest BCUT2D eigenvalue weighted by Crippen LogP contribution is 2.32. The molecule has 3 N–H and O–H groups in total. The third-order valence-corrected chi connectivity index (χ3v) is 4.02. The Morgan fingerprint density at radius 2 is 1.81 bits per heavy atom. The van der Waals surface area contributed by atoms with Gasteiger partial charge in [0.15, 0.2) is 0 Å². The summed E-state index contributed by atoms with van der Waals surface area (Å²) in [5, 5.41) is 18.9. The van der Waals surface area contributed by atoms with Crippen molar-refractivity contribution in [2.75, 3.05) is 19.6 Å². The summed E-state index contributed by atoms with van der Waals surface area (Å²) in [7, 11) is 0. The molecule has 0 radical (unpaired) electrons. The van der Waals surface area contributed by atoms with Crippen molar-refractivity contribution in [3.8, 4) is 0 Å². The molecule has 0 amide bonds. The second-order valence-electron chi connectivity index (χ2n) is 5.87. The van der Waals surface area contributed by atoms with Crippen LogP contribution in [-0.2, 0) is 22.3 Å². The van der Waals surface area contributed by atoms with Crippen LogP contribution < -0.4 is 5.32 Å². The smallest absolute Gasteiger partial charge is 0.416 e. The van der Waals surface area contributed by atoms with E-state index >= 15 is 0 Å². The van der Waals surface area contributed by atoms with Crippen LogP contribution in [0.15, 0.2) is 36.4 Å². The first kappa shape index (κ1) is 22.7. The van der Waals surface area contributed by atoms with Gasteiger partial charge in [-0.2, -0.15) is 13.2 Å². The van der Waals surface area contributed by atoms with Crippen molar-refractivity contribution < 1.29 is 33.0 Å². The summed E-state index contributed by atoms with van der Waals surface area (Å²) in [4.78, 5) is 21.2. The zero-order chi connectivity index (χ0) is 20.4. The van der Waals surface area contributed by atoms with Crippen molar-refractivity contribution in [1.29, 1.82) is 0 Å². The summed E-state index contributed by atoms with van der Waals surface area (Å²) < 4.78 is 38.8. The standard InChI is InChI=1S/C14H19F3N2.C4H4O4/c1-2-19(12-7-8-18-9-12)10-11-5-3-4-6-13(11)14(15,16)17;5-3(6)1-2-4(7)8/h3-6,12,18H,2,7-10H2,1H3;1-2H,(H,5,6)(H,7,8)/b;2-1+. The number of hydrogen-bond acceptors (Lipinski definition) is 4. The first-order valence-electron chi connectivity index (χ1n) is 8.39. The predicted octanol–water partition coefficient (Wildman–Crippen LogP) is 2.60. The lowest BCUT2D eigenvalue weighted by atomic mass is 10.1. The molecular formula is C18H23F3N2O4. The first-order valence-corrected chi connectivity index (χ1v) is 8.39. The van der Waals surface area contributed by atoms with Crippen molar-refractivity contribution >= 4 is 11.9 Å². The number of carboxylic acid groups (broad SMARTS) is 2. The third kappa shape index (κ3) is 8.23. The van der Waals surface area contributed by atoms with E-state index in [1.54, 1.807) is 12.1 Å². The van der Waals surface area contributed by atoms with Gasteiger partial charge in [0.2, 0.25) is 0 Å². The van der Waals surface area contributed by atoms with Gasteiger partial charge in [-0.1, -0.05) is 25.1 Å². The largest absolute Gasteiger partial charge is 0.478 e. The lowest BCUT2D eigenvalue weighted by Crippen LogP contribution is -2.36. The Kier molecular flexibility index (Phi) is 8.96. The van der Waals surface area contributed by atoms with Crippen molar-refractivity contribution in [2.45, 2.75) is 32.1 Å². The number of nitrogens with one attached hydrogen (secondary N) is 1. The molecule has 1 heterocycles. The molecular weight excluding hydrogens is 365 g/mol. The quantitative estimate of drug-likeness (QED) is 0.649. The molecule has 6 nitrogen and oxygen atoms in total. The van der Waals surface area contributed by atoms with Gasteiger partial charge in [0.1, 0.15) is 0 Å². The van der Waals surface area contributed by atoms with Crippen molar-refractivity contribution in [3.63, 3.8) is 0 Å². The average molecular weight is 388 g/mol. The fourth-order valence-electron chi connectivity index (χ4n) is 2.75. The van der Waals surface area contributed by atoms with Crippen LogP contribution in [-0.4, -0.2) is 52.7 Å². The van der Waals surface area contributed by atoms with Gasteiger partial charge in [-0.3, -0.25) is 4.90 Å². The molecule has 9 heteroatoms. The van der Waals surface area contributed by atoms with E-state index in [2.05, 4.69) is 10.2 Å². The van der Waals surface area contributed by atoms with Gasteiger partial charge < -0.3 is 15.5 Å². The van der Waals surface area contributed by atoms with E-state index in [1.165, 1.54) is 6.07 Å². The van der Waals surface area contributed by atoms with Crippen LogP contribution in [0.25, 0.3) is 0 Å². The van der Waals surface area contributed by atoms with Gasteiger partial charge >= 0.3 is 18.1 Å². The number of benzene rings is 1. The van der Waals surface area contributed by atoms with E-state index in [0.29, 0.717) is 30.3 Å².